The van der Waals surface area contributed by atoms with Gasteiger partial charge in [-0.15, -0.1) is 0 Å². The fourth-order valence-corrected chi connectivity index (χ4v) is 2.56. The van der Waals surface area contributed by atoms with Crippen LogP contribution in [-0.4, -0.2) is 23.2 Å². The van der Waals surface area contributed by atoms with Gasteiger partial charge in [-0.25, -0.2) is 0 Å². The summed E-state index contributed by atoms with van der Waals surface area (Å²) in [5, 5.41) is 7.04. The van der Waals surface area contributed by atoms with Gasteiger partial charge in [0.1, 0.15) is 5.75 Å². The lowest BCUT2D eigenvalue weighted by atomic mass is 10.1. The molecule has 2 aromatic carbocycles. The number of ether oxygens (including phenoxy) is 1. The molecule has 1 N–H and O–H groups in total. The minimum atomic E-state index is -0.297. The first-order valence-electron chi connectivity index (χ1n) is 7.58. The van der Waals surface area contributed by atoms with E-state index in [0.29, 0.717) is 22.3 Å². The number of nitrogens with zero attached hydrogens (tertiary/aromatic N) is 2. The summed E-state index contributed by atoms with van der Waals surface area (Å²) < 4.78 is 10.3. The van der Waals surface area contributed by atoms with Gasteiger partial charge >= 0.3 is 0 Å². The van der Waals surface area contributed by atoms with Crippen LogP contribution in [0.15, 0.2) is 47.0 Å². The minimum Gasteiger partial charge on any atom is -0.497 e. The van der Waals surface area contributed by atoms with E-state index in [0.717, 1.165) is 16.9 Å². The van der Waals surface area contributed by atoms with E-state index < -0.39 is 0 Å². The molecule has 0 unspecified atom stereocenters. The Morgan fingerprint density at radius 1 is 1.24 bits per heavy atom. The molecule has 0 saturated heterocycles. The van der Waals surface area contributed by atoms with Crippen LogP contribution >= 0.6 is 11.6 Å². The molecule has 3 aromatic rings. The van der Waals surface area contributed by atoms with Gasteiger partial charge in [-0.3, -0.25) is 4.79 Å². The van der Waals surface area contributed by atoms with E-state index in [1.807, 2.05) is 37.3 Å². The van der Waals surface area contributed by atoms with Crippen molar-refractivity contribution in [1.29, 1.82) is 0 Å². The van der Waals surface area contributed by atoms with Crippen LogP contribution in [0.25, 0.3) is 11.4 Å². The molecule has 25 heavy (non-hydrogen) atoms. The van der Waals surface area contributed by atoms with E-state index in [1.165, 1.54) is 0 Å². The lowest BCUT2D eigenvalue weighted by Gasteiger charge is -2.05. The Kier molecular flexibility index (Phi) is 5.00. The third kappa shape index (κ3) is 3.97. The molecule has 0 saturated carbocycles. The summed E-state index contributed by atoms with van der Waals surface area (Å²) in [4.78, 5) is 16.5. The summed E-state index contributed by atoms with van der Waals surface area (Å²) in [5.41, 5.74) is 2.19. The summed E-state index contributed by atoms with van der Waals surface area (Å²) >= 11 is 6.09. The number of hydrogen-bond donors (Lipinski definition) is 1. The molecule has 0 spiro atoms. The largest absolute Gasteiger partial charge is 0.497 e. The van der Waals surface area contributed by atoms with Crippen LogP contribution in [0, 0.1) is 6.92 Å². The zero-order chi connectivity index (χ0) is 17.8. The van der Waals surface area contributed by atoms with Crippen molar-refractivity contribution in [2.24, 2.45) is 0 Å². The van der Waals surface area contributed by atoms with Crippen molar-refractivity contribution >= 4 is 17.5 Å². The summed E-state index contributed by atoms with van der Waals surface area (Å²) in [6.45, 7) is 2.03. The van der Waals surface area contributed by atoms with Crippen LogP contribution in [0.3, 0.4) is 0 Å². The molecule has 0 fully saturated rings. The van der Waals surface area contributed by atoms with E-state index in [-0.39, 0.29) is 12.5 Å². The van der Waals surface area contributed by atoms with Crippen LogP contribution < -0.4 is 10.1 Å². The lowest BCUT2D eigenvalue weighted by molar-refractivity contribution is 0.0946. The average Bonchev–Trinajstić information content (AvgIpc) is 3.09. The lowest BCUT2D eigenvalue weighted by Crippen LogP contribution is -2.23. The highest BCUT2D eigenvalue weighted by Crippen LogP contribution is 2.20. The number of rotatable bonds is 5. The number of amides is 1. The molecule has 128 valence electrons. The Bertz CT molecular complexity index is 891. The van der Waals surface area contributed by atoms with Crippen molar-refractivity contribution in [1.82, 2.24) is 15.5 Å². The van der Waals surface area contributed by atoms with Gasteiger partial charge in [0, 0.05) is 5.56 Å². The van der Waals surface area contributed by atoms with Crippen molar-refractivity contribution in [3.05, 3.63) is 64.5 Å². The first-order valence-corrected chi connectivity index (χ1v) is 7.96. The minimum absolute atomic E-state index is 0.117. The molecule has 0 aliphatic heterocycles. The van der Waals surface area contributed by atoms with Gasteiger partial charge in [-0.05, 0) is 48.9 Å². The molecule has 1 amide bonds. The molecular weight excluding hydrogens is 342 g/mol. The predicted octanol–water partition coefficient (Wildman–Crippen LogP) is 3.64. The topological polar surface area (TPSA) is 77.3 Å². The number of benzene rings is 2. The molecule has 0 atom stereocenters. The van der Waals surface area contributed by atoms with Crippen LogP contribution in [0.1, 0.15) is 21.8 Å². The van der Waals surface area contributed by atoms with E-state index >= 15 is 0 Å². The quantitative estimate of drug-likeness (QED) is 0.754. The van der Waals surface area contributed by atoms with Gasteiger partial charge in [0.15, 0.2) is 0 Å². The van der Waals surface area contributed by atoms with Crippen LogP contribution in [-0.2, 0) is 6.54 Å². The molecular formula is C18H16ClN3O3. The number of carbonyl (C=O) groups is 1. The molecule has 0 aliphatic carbocycles. The van der Waals surface area contributed by atoms with Gasteiger partial charge in [0.25, 0.3) is 5.91 Å². The first kappa shape index (κ1) is 17.0. The van der Waals surface area contributed by atoms with Crippen molar-refractivity contribution in [3.8, 4) is 17.1 Å². The van der Waals surface area contributed by atoms with Gasteiger partial charge < -0.3 is 14.6 Å². The number of nitrogens with one attached hydrogen (secondary N) is 1. The second kappa shape index (κ2) is 7.36. The van der Waals surface area contributed by atoms with Crippen molar-refractivity contribution in [2.75, 3.05) is 7.11 Å². The SMILES string of the molecule is COc1ccc(-c2noc(CNC(=O)c3ccc(C)cc3Cl)n2)cc1. The van der Waals surface area contributed by atoms with Crippen molar-refractivity contribution in [3.63, 3.8) is 0 Å². The third-order valence-electron chi connectivity index (χ3n) is 3.59. The molecule has 0 aliphatic rings. The highest BCUT2D eigenvalue weighted by atomic mass is 35.5. The van der Waals surface area contributed by atoms with Crippen LogP contribution in [0.5, 0.6) is 5.75 Å². The highest BCUT2D eigenvalue weighted by molar-refractivity contribution is 6.33. The Morgan fingerprint density at radius 2 is 2.00 bits per heavy atom. The standard InChI is InChI=1S/C18H16ClN3O3/c1-11-3-8-14(15(19)9-11)18(23)20-10-16-21-17(22-25-16)12-4-6-13(24-2)7-5-12/h3-9H,10H2,1-2H3,(H,20,23). The summed E-state index contributed by atoms with van der Waals surface area (Å²) in [7, 11) is 1.60. The number of hydrogen-bond acceptors (Lipinski definition) is 5. The van der Waals surface area contributed by atoms with Gasteiger partial charge in [0.2, 0.25) is 11.7 Å². The number of halogens is 1. The van der Waals surface area contributed by atoms with E-state index in [2.05, 4.69) is 15.5 Å². The predicted molar refractivity (Wildman–Crippen MR) is 93.6 cm³/mol. The maximum Gasteiger partial charge on any atom is 0.253 e. The molecule has 1 heterocycles. The Balaban J connectivity index is 1.66. The summed E-state index contributed by atoms with van der Waals surface area (Å²) in [5.74, 6) is 1.20. The van der Waals surface area contributed by atoms with E-state index in [1.54, 1.807) is 19.2 Å². The van der Waals surface area contributed by atoms with Gasteiger partial charge in [-0.2, -0.15) is 4.98 Å². The van der Waals surface area contributed by atoms with Gasteiger partial charge in [0.05, 0.1) is 24.2 Å². The Labute approximate surface area is 149 Å². The molecule has 6 nitrogen and oxygen atoms in total. The van der Waals surface area contributed by atoms with Crippen molar-refractivity contribution < 1.29 is 14.1 Å². The summed E-state index contributed by atoms with van der Waals surface area (Å²) in [6.07, 6.45) is 0. The molecule has 3 rings (SSSR count). The third-order valence-corrected chi connectivity index (χ3v) is 3.90. The zero-order valence-electron chi connectivity index (χ0n) is 13.7. The smallest absolute Gasteiger partial charge is 0.253 e. The van der Waals surface area contributed by atoms with Crippen molar-refractivity contribution in [2.45, 2.75) is 13.5 Å². The number of carbonyl (C=O) groups excluding carboxylic acids is 1. The fourth-order valence-electron chi connectivity index (χ4n) is 2.24. The Hall–Kier alpha value is -2.86. The second-order valence-electron chi connectivity index (χ2n) is 5.41. The second-order valence-corrected chi connectivity index (χ2v) is 5.81. The Morgan fingerprint density at radius 3 is 2.68 bits per heavy atom. The first-order chi connectivity index (χ1) is 12.1. The van der Waals surface area contributed by atoms with Crippen LogP contribution in [0.2, 0.25) is 5.02 Å². The number of aromatic nitrogens is 2. The van der Waals surface area contributed by atoms with E-state index in [4.69, 9.17) is 20.9 Å². The average molecular weight is 358 g/mol. The molecule has 0 radical (unpaired) electrons. The zero-order valence-corrected chi connectivity index (χ0v) is 14.5. The van der Waals surface area contributed by atoms with Gasteiger partial charge in [-0.1, -0.05) is 22.8 Å². The monoisotopic (exact) mass is 357 g/mol. The normalized spacial score (nSPS) is 10.5. The maximum absolute atomic E-state index is 12.2. The summed E-state index contributed by atoms with van der Waals surface area (Å²) in [6, 6.07) is 12.5. The fraction of sp³-hybridized carbons (Fsp3) is 0.167. The number of methoxy groups -OCH3 is 1. The molecule has 7 heteroatoms. The number of aryl methyl sites for hydroxylation is 1. The van der Waals surface area contributed by atoms with E-state index in [9.17, 15) is 4.79 Å². The highest BCUT2D eigenvalue weighted by Gasteiger charge is 2.13. The maximum atomic E-state index is 12.2. The molecule has 0 bridgehead atoms. The van der Waals surface area contributed by atoms with Crippen LogP contribution in [0.4, 0.5) is 0 Å². The molecule has 1 aromatic heterocycles.